The first-order valence-electron chi connectivity index (χ1n) is 8.48. The van der Waals surface area contributed by atoms with Crippen molar-refractivity contribution in [1.82, 2.24) is 9.38 Å². The summed E-state index contributed by atoms with van der Waals surface area (Å²) in [6.07, 6.45) is 3.39. The van der Waals surface area contributed by atoms with Crippen molar-refractivity contribution >= 4 is 5.65 Å². The van der Waals surface area contributed by atoms with Crippen LogP contribution in [0.5, 0.6) is 5.75 Å². The summed E-state index contributed by atoms with van der Waals surface area (Å²) in [4.78, 5) is 16.9. The Kier molecular flexibility index (Phi) is 4.87. The summed E-state index contributed by atoms with van der Waals surface area (Å²) < 4.78 is 13.0. The summed E-state index contributed by atoms with van der Waals surface area (Å²) in [5.41, 5.74) is 1.03. The summed E-state index contributed by atoms with van der Waals surface area (Å²) in [5.74, 6) is 0.777. The molecule has 130 valence electrons. The maximum Gasteiger partial charge on any atom is 0.261 e. The van der Waals surface area contributed by atoms with Crippen molar-refractivity contribution in [3.63, 3.8) is 0 Å². The molecule has 0 radical (unpaired) electrons. The van der Waals surface area contributed by atoms with Gasteiger partial charge < -0.3 is 14.6 Å². The number of hydrogen-bond acceptors (Lipinski definition) is 5. The maximum absolute atomic E-state index is 12.5. The van der Waals surface area contributed by atoms with Crippen LogP contribution in [0, 0.1) is 11.8 Å². The Labute approximate surface area is 141 Å². The van der Waals surface area contributed by atoms with Crippen molar-refractivity contribution < 1.29 is 14.6 Å². The van der Waals surface area contributed by atoms with E-state index < -0.39 is 12.4 Å². The van der Waals surface area contributed by atoms with Crippen molar-refractivity contribution in [3.05, 3.63) is 40.4 Å². The standard InChI is InChI=1S/C18H24N2O4/c1-4-6-13-9-19-16-14(7-5-8-20(16)17(13)22)24-18-15(21)12(3)11(2)10-23-18/h5,7-9,11-12,15,18,21H,4,6,10H2,1-3H3/t11-,12+,15?,18+/m1/s1. The summed E-state index contributed by atoms with van der Waals surface area (Å²) in [6, 6.07) is 3.47. The summed E-state index contributed by atoms with van der Waals surface area (Å²) in [7, 11) is 0. The normalized spacial score (nSPS) is 27.3. The van der Waals surface area contributed by atoms with Gasteiger partial charge in [-0.2, -0.15) is 0 Å². The van der Waals surface area contributed by atoms with Gasteiger partial charge in [0.05, 0.1) is 6.61 Å². The van der Waals surface area contributed by atoms with Gasteiger partial charge in [-0.25, -0.2) is 4.98 Å². The van der Waals surface area contributed by atoms with E-state index in [0.29, 0.717) is 30.0 Å². The summed E-state index contributed by atoms with van der Waals surface area (Å²) in [5, 5.41) is 10.4. The molecule has 6 heteroatoms. The number of aliphatic hydroxyl groups excluding tert-OH is 1. The van der Waals surface area contributed by atoms with Gasteiger partial charge in [-0.05, 0) is 30.4 Å². The number of hydrogen-bond donors (Lipinski definition) is 1. The van der Waals surface area contributed by atoms with Gasteiger partial charge >= 0.3 is 0 Å². The molecule has 0 amide bonds. The van der Waals surface area contributed by atoms with Gasteiger partial charge in [0.25, 0.3) is 5.56 Å². The molecule has 0 saturated carbocycles. The molecular formula is C18H24N2O4. The van der Waals surface area contributed by atoms with Gasteiger partial charge in [0, 0.05) is 18.0 Å². The van der Waals surface area contributed by atoms with Gasteiger partial charge in [0.15, 0.2) is 11.4 Å². The number of aryl methyl sites for hydroxylation is 1. The molecular weight excluding hydrogens is 308 g/mol. The van der Waals surface area contributed by atoms with E-state index >= 15 is 0 Å². The molecule has 24 heavy (non-hydrogen) atoms. The average molecular weight is 332 g/mol. The van der Waals surface area contributed by atoms with E-state index in [9.17, 15) is 9.90 Å². The number of ether oxygens (including phenoxy) is 2. The third-order valence-corrected chi connectivity index (χ3v) is 4.77. The molecule has 6 nitrogen and oxygen atoms in total. The molecule has 2 aromatic rings. The number of pyridine rings is 1. The third-order valence-electron chi connectivity index (χ3n) is 4.77. The molecule has 4 atom stereocenters. The van der Waals surface area contributed by atoms with Crippen LogP contribution < -0.4 is 10.3 Å². The minimum absolute atomic E-state index is 0.0746. The van der Waals surface area contributed by atoms with Gasteiger partial charge in [0.2, 0.25) is 6.29 Å². The Balaban J connectivity index is 1.93. The van der Waals surface area contributed by atoms with Crippen LogP contribution in [0.4, 0.5) is 0 Å². The van der Waals surface area contributed by atoms with Crippen LogP contribution in [-0.2, 0) is 11.2 Å². The van der Waals surface area contributed by atoms with Crippen molar-refractivity contribution in [3.8, 4) is 5.75 Å². The van der Waals surface area contributed by atoms with E-state index in [-0.39, 0.29) is 17.4 Å². The van der Waals surface area contributed by atoms with Crippen molar-refractivity contribution in [1.29, 1.82) is 0 Å². The molecule has 0 aliphatic carbocycles. The van der Waals surface area contributed by atoms with Crippen molar-refractivity contribution in [2.45, 2.75) is 46.0 Å². The number of aromatic nitrogens is 2. The molecule has 1 fully saturated rings. The van der Waals surface area contributed by atoms with Gasteiger partial charge in [-0.15, -0.1) is 0 Å². The molecule has 0 aromatic carbocycles. The van der Waals surface area contributed by atoms with Crippen LogP contribution in [-0.4, -0.2) is 33.5 Å². The van der Waals surface area contributed by atoms with Crippen molar-refractivity contribution in [2.24, 2.45) is 11.8 Å². The van der Waals surface area contributed by atoms with Gasteiger partial charge in [-0.1, -0.05) is 27.2 Å². The van der Waals surface area contributed by atoms with Crippen LogP contribution in [0.3, 0.4) is 0 Å². The molecule has 1 aliphatic rings. The fraction of sp³-hybridized carbons (Fsp3) is 0.556. The predicted molar refractivity (Wildman–Crippen MR) is 90.2 cm³/mol. The SMILES string of the molecule is CCCc1cnc2c(O[C@@H]3OC[C@@H](C)[C@H](C)C3O)cccn2c1=O. The Morgan fingerprint density at radius 2 is 2.25 bits per heavy atom. The molecule has 1 aliphatic heterocycles. The number of nitrogens with zero attached hydrogens (tertiary/aromatic N) is 2. The second kappa shape index (κ2) is 6.91. The highest BCUT2D eigenvalue weighted by Crippen LogP contribution is 2.28. The average Bonchev–Trinajstić information content (AvgIpc) is 2.58. The van der Waals surface area contributed by atoms with E-state index in [4.69, 9.17) is 9.47 Å². The molecule has 1 unspecified atom stereocenters. The van der Waals surface area contributed by atoms with E-state index in [1.54, 1.807) is 24.5 Å². The smallest absolute Gasteiger partial charge is 0.261 e. The Hall–Kier alpha value is -1.92. The zero-order valence-electron chi connectivity index (χ0n) is 14.3. The highest BCUT2D eigenvalue weighted by molar-refractivity contribution is 5.53. The second-order valence-corrected chi connectivity index (χ2v) is 6.55. The fourth-order valence-corrected chi connectivity index (χ4v) is 2.96. The Morgan fingerprint density at radius 3 is 3.00 bits per heavy atom. The molecule has 0 bridgehead atoms. The van der Waals surface area contributed by atoms with Crippen LogP contribution >= 0.6 is 0 Å². The second-order valence-electron chi connectivity index (χ2n) is 6.55. The van der Waals surface area contributed by atoms with Crippen LogP contribution in [0.25, 0.3) is 5.65 Å². The highest BCUT2D eigenvalue weighted by Gasteiger charge is 2.36. The fourth-order valence-electron chi connectivity index (χ4n) is 2.96. The number of aliphatic hydroxyl groups is 1. The lowest BCUT2D eigenvalue weighted by molar-refractivity contribution is -0.204. The third kappa shape index (κ3) is 3.03. The lowest BCUT2D eigenvalue weighted by atomic mass is 9.89. The molecule has 3 rings (SSSR count). The topological polar surface area (TPSA) is 73.1 Å². The molecule has 1 N–H and O–H groups in total. The zero-order valence-corrected chi connectivity index (χ0v) is 14.3. The molecule has 1 saturated heterocycles. The zero-order chi connectivity index (χ0) is 17.3. The lowest BCUT2D eigenvalue weighted by Crippen LogP contribution is -2.47. The maximum atomic E-state index is 12.5. The largest absolute Gasteiger partial charge is 0.458 e. The van der Waals surface area contributed by atoms with Crippen LogP contribution in [0.1, 0.15) is 32.8 Å². The quantitative estimate of drug-likeness (QED) is 0.927. The van der Waals surface area contributed by atoms with E-state index in [1.165, 1.54) is 4.40 Å². The number of rotatable bonds is 4. The first kappa shape index (κ1) is 16.9. The first-order chi connectivity index (χ1) is 11.5. The van der Waals surface area contributed by atoms with E-state index in [0.717, 1.165) is 6.42 Å². The highest BCUT2D eigenvalue weighted by atomic mass is 16.7. The Bertz CT molecular complexity index is 773. The summed E-state index contributed by atoms with van der Waals surface area (Å²) >= 11 is 0. The molecule has 3 heterocycles. The van der Waals surface area contributed by atoms with Crippen LogP contribution in [0.2, 0.25) is 0 Å². The van der Waals surface area contributed by atoms with E-state index in [2.05, 4.69) is 4.98 Å². The first-order valence-corrected chi connectivity index (χ1v) is 8.48. The van der Waals surface area contributed by atoms with Crippen molar-refractivity contribution in [2.75, 3.05) is 6.61 Å². The summed E-state index contributed by atoms with van der Waals surface area (Å²) in [6.45, 7) is 6.58. The molecule has 0 spiro atoms. The molecule has 2 aromatic heterocycles. The Morgan fingerprint density at radius 1 is 1.46 bits per heavy atom. The van der Waals surface area contributed by atoms with E-state index in [1.807, 2.05) is 20.8 Å². The van der Waals surface area contributed by atoms with Gasteiger partial charge in [-0.3, -0.25) is 9.20 Å². The minimum Gasteiger partial charge on any atom is -0.458 e. The van der Waals surface area contributed by atoms with Crippen LogP contribution in [0.15, 0.2) is 29.3 Å². The minimum atomic E-state index is -0.755. The predicted octanol–water partition coefficient (Wildman–Crippen LogP) is 2.02. The monoisotopic (exact) mass is 332 g/mol. The van der Waals surface area contributed by atoms with Gasteiger partial charge in [0.1, 0.15) is 6.10 Å². The number of fused-ring (bicyclic) bond motifs is 1. The lowest BCUT2D eigenvalue weighted by Gasteiger charge is -2.36.